The number of benzene rings is 1. The average Bonchev–Trinajstić information content (AvgIpc) is 2.41. The first-order chi connectivity index (χ1) is 9.08. The molecule has 5 heteroatoms. The van der Waals surface area contributed by atoms with Crippen LogP contribution in [0.2, 0.25) is 5.02 Å². The van der Waals surface area contributed by atoms with Crippen molar-refractivity contribution in [1.29, 1.82) is 0 Å². The van der Waals surface area contributed by atoms with Crippen LogP contribution >= 0.6 is 11.6 Å². The zero-order chi connectivity index (χ0) is 13.8. The fourth-order valence-corrected chi connectivity index (χ4v) is 2.29. The molecule has 0 aromatic heterocycles. The first-order valence-corrected chi connectivity index (χ1v) is 6.87. The van der Waals surface area contributed by atoms with Crippen LogP contribution in [0.15, 0.2) is 24.3 Å². The summed E-state index contributed by atoms with van der Waals surface area (Å²) in [5.41, 5.74) is 0. The summed E-state index contributed by atoms with van der Waals surface area (Å²) < 4.78 is 5.49. The molecular formula is C14H19ClN2O2. The van der Waals surface area contributed by atoms with Crippen molar-refractivity contribution in [2.45, 2.75) is 25.9 Å². The van der Waals surface area contributed by atoms with Crippen LogP contribution < -0.4 is 10.1 Å². The number of nitrogens with zero attached hydrogens (tertiary/aromatic N) is 1. The number of hydrogen-bond donors (Lipinski definition) is 1. The Kier molecular flexibility index (Phi) is 4.66. The SMILES string of the molecule is CC1NCCN(C(=O)COc2ccc(Cl)cc2)C1C. The molecule has 0 bridgehead atoms. The van der Waals surface area contributed by atoms with Gasteiger partial charge in [0.1, 0.15) is 5.75 Å². The maximum Gasteiger partial charge on any atom is 0.260 e. The minimum atomic E-state index is 0.0239. The molecule has 4 nitrogen and oxygen atoms in total. The van der Waals surface area contributed by atoms with Gasteiger partial charge in [0.15, 0.2) is 6.61 Å². The summed E-state index contributed by atoms with van der Waals surface area (Å²) in [4.78, 5) is 14.0. The smallest absolute Gasteiger partial charge is 0.260 e. The number of carbonyl (C=O) groups is 1. The van der Waals surface area contributed by atoms with Gasteiger partial charge in [-0.25, -0.2) is 0 Å². The summed E-state index contributed by atoms with van der Waals surface area (Å²) in [6, 6.07) is 7.52. The minimum absolute atomic E-state index is 0.0239. The molecule has 2 atom stereocenters. The largest absolute Gasteiger partial charge is 0.484 e. The van der Waals surface area contributed by atoms with Crippen molar-refractivity contribution in [3.63, 3.8) is 0 Å². The number of carbonyl (C=O) groups excluding carboxylic acids is 1. The molecule has 1 N–H and O–H groups in total. The molecule has 0 spiro atoms. The summed E-state index contributed by atoms with van der Waals surface area (Å²) >= 11 is 5.79. The molecule has 1 amide bonds. The predicted octanol–water partition coefficient (Wildman–Crippen LogP) is 1.93. The van der Waals surface area contributed by atoms with Gasteiger partial charge in [0.05, 0.1) is 0 Å². The van der Waals surface area contributed by atoms with Gasteiger partial charge in [-0.15, -0.1) is 0 Å². The van der Waals surface area contributed by atoms with E-state index in [1.165, 1.54) is 0 Å². The molecule has 1 fully saturated rings. The van der Waals surface area contributed by atoms with E-state index in [1.54, 1.807) is 24.3 Å². The maximum absolute atomic E-state index is 12.1. The van der Waals surface area contributed by atoms with Crippen molar-refractivity contribution in [1.82, 2.24) is 10.2 Å². The summed E-state index contributed by atoms with van der Waals surface area (Å²) in [5.74, 6) is 0.685. The Morgan fingerprint density at radius 2 is 2.11 bits per heavy atom. The summed E-state index contributed by atoms with van der Waals surface area (Å²) in [6.07, 6.45) is 0. The molecule has 1 aromatic rings. The molecule has 1 aliphatic rings. The summed E-state index contributed by atoms with van der Waals surface area (Å²) in [6.45, 7) is 5.77. The van der Waals surface area contributed by atoms with E-state index < -0.39 is 0 Å². The monoisotopic (exact) mass is 282 g/mol. The van der Waals surface area contributed by atoms with Gasteiger partial charge in [-0.05, 0) is 38.1 Å². The van der Waals surface area contributed by atoms with Crippen LogP contribution in [0.3, 0.4) is 0 Å². The molecule has 0 aliphatic carbocycles. The lowest BCUT2D eigenvalue weighted by Crippen LogP contribution is -2.58. The van der Waals surface area contributed by atoms with E-state index in [2.05, 4.69) is 19.2 Å². The number of rotatable bonds is 3. The van der Waals surface area contributed by atoms with Gasteiger partial charge in [0, 0.05) is 30.2 Å². The third-order valence-corrected chi connectivity index (χ3v) is 3.78. The fraction of sp³-hybridized carbons (Fsp3) is 0.500. The molecule has 1 heterocycles. The van der Waals surface area contributed by atoms with Crippen molar-refractivity contribution in [3.8, 4) is 5.75 Å². The summed E-state index contributed by atoms with van der Waals surface area (Å²) in [7, 11) is 0. The van der Waals surface area contributed by atoms with Crippen molar-refractivity contribution < 1.29 is 9.53 Å². The number of piperazine rings is 1. The zero-order valence-electron chi connectivity index (χ0n) is 11.2. The highest BCUT2D eigenvalue weighted by Crippen LogP contribution is 2.16. The molecule has 2 rings (SSSR count). The second kappa shape index (κ2) is 6.26. The Hall–Kier alpha value is -1.26. The van der Waals surface area contributed by atoms with E-state index in [9.17, 15) is 4.79 Å². The van der Waals surface area contributed by atoms with Gasteiger partial charge >= 0.3 is 0 Å². The molecular weight excluding hydrogens is 264 g/mol. The molecule has 19 heavy (non-hydrogen) atoms. The first-order valence-electron chi connectivity index (χ1n) is 6.49. The Morgan fingerprint density at radius 1 is 1.42 bits per heavy atom. The van der Waals surface area contributed by atoms with Crippen LogP contribution in [0, 0.1) is 0 Å². The van der Waals surface area contributed by atoms with Gasteiger partial charge in [-0.1, -0.05) is 11.6 Å². The minimum Gasteiger partial charge on any atom is -0.484 e. The highest BCUT2D eigenvalue weighted by atomic mass is 35.5. The lowest BCUT2D eigenvalue weighted by atomic mass is 10.1. The van der Waals surface area contributed by atoms with E-state index in [4.69, 9.17) is 16.3 Å². The van der Waals surface area contributed by atoms with E-state index in [0.717, 1.165) is 13.1 Å². The van der Waals surface area contributed by atoms with Crippen LogP contribution in [0.25, 0.3) is 0 Å². The summed E-state index contributed by atoms with van der Waals surface area (Å²) in [5, 5.41) is 4.00. The van der Waals surface area contributed by atoms with E-state index in [-0.39, 0.29) is 18.6 Å². The van der Waals surface area contributed by atoms with Crippen LogP contribution in [-0.4, -0.2) is 42.6 Å². The molecule has 0 saturated carbocycles. The molecule has 104 valence electrons. The lowest BCUT2D eigenvalue weighted by Gasteiger charge is -2.38. The van der Waals surface area contributed by atoms with Crippen molar-refractivity contribution in [2.75, 3.05) is 19.7 Å². The molecule has 2 unspecified atom stereocenters. The average molecular weight is 283 g/mol. The van der Waals surface area contributed by atoms with Crippen LogP contribution in [-0.2, 0) is 4.79 Å². The van der Waals surface area contributed by atoms with Crippen LogP contribution in [0.5, 0.6) is 5.75 Å². The van der Waals surface area contributed by atoms with Crippen molar-refractivity contribution in [3.05, 3.63) is 29.3 Å². The quantitative estimate of drug-likeness (QED) is 0.921. The Labute approximate surface area is 118 Å². The molecule has 1 aliphatic heterocycles. The number of ether oxygens (including phenoxy) is 1. The molecule has 1 saturated heterocycles. The lowest BCUT2D eigenvalue weighted by molar-refractivity contribution is -0.137. The zero-order valence-corrected chi connectivity index (χ0v) is 12.0. The van der Waals surface area contributed by atoms with Crippen molar-refractivity contribution >= 4 is 17.5 Å². The Balaban J connectivity index is 1.88. The second-order valence-corrected chi connectivity index (χ2v) is 5.25. The van der Waals surface area contributed by atoms with Gasteiger partial charge in [-0.2, -0.15) is 0 Å². The highest BCUT2D eigenvalue weighted by molar-refractivity contribution is 6.30. The van der Waals surface area contributed by atoms with E-state index >= 15 is 0 Å². The second-order valence-electron chi connectivity index (χ2n) is 4.81. The Bertz CT molecular complexity index is 436. The number of hydrogen-bond acceptors (Lipinski definition) is 3. The van der Waals surface area contributed by atoms with E-state index in [0.29, 0.717) is 16.8 Å². The topological polar surface area (TPSA) is 41.6 Å². The number of amides is 1. The molecule has 0 radical (unpaired) electrons. The van der Waals surface area contributed by atoms with Gasteiger partial charge in [0.2, 0.25) is 0 Å². The van der Waals surface area contributed by atoms with Crippen LogP contribution in [0.1, 0.15) is 13.8 Å². The van der Waals surface area contributed by atoms with Gasteiger partial charge < -0.3 is 15.0 Å². The van der Waals surface area contributed by atoms with Crippen molar-refractivity contribution in [2.24, 2.45) is 0 Å². The van der Waals surface area contributed by atoms with Crippen LogP contribution in [0.4, 0.5) is 0 Å². The number of halogens is 1. The number of nitrogens with one attached hydrogen (secondary N) is 1. The third-order valence-electron chi connectivity index (χ3n) is 3.53. The fourth-order valence-electron chi connectivity index (χ4n) is 2.17. The van der Waals surface area contributed by atoms with Gasteiger partial charge in [-0.3, -0.25) is 4.79 Å². The standard InChI is InChI=1S/C14H19ClN2O2/c1-10-11(2)17(8-7-16-10)14(18)9-19-13-5-3-12(15)4-6-13/h3-6,10-11,16H,7-9H2,1-2H3. The maximum atomic E-state index is 12.1. The molecule has 1 aromatic carbocycles. The van der Waals surface area contributed by atoms with Gasteiger partial charge in [0.25, 0.3) is 5.91 Å². The third kappa shape index (κ3) is 3.61. The Morgan fingerprint density at radius 3 is 2.79 bits per heavy atom. The first kappa shape index (κ1) is 14.2. The predicted molar refractivity (Wildman–Crippen MR) is 75.6 cm³/mol. The highest BCUT2D eigenvalue weighted by Gasteiger charge is 2.28. The van der Waals surface area contributed by atoms with E-state index in [1.807, 2.05) is 4.90 Å². The normalized spacial score (nSPS) is 23.2.